The van der Waals surface area contributed by atoms with Crippen molar-refractivity contribution < 1.29 is 4.74 Å². The van der Waals surface area contributed by atoms with Gasteiger partial charge in [-0.3, -0.25) is 0 Å². The summed E-state index contributed by atoms with van der Waals surface area (Å²) in [6, 6.07) is 5.80. The van der Waals surface area contributed by atoms with Gasteiger partial charge in [-0.2, -0.15) is 0 Å². The van der Waals surface area contributed by atoms with Crippen LogP contribution in [-0.2, 0) is 5.54 Å². The molecule has 1 aromatic rings. The standard InChI is InChI=1S/C12H16ClNO/c1-12(6-3-7-14-12)10-8-9(13)4-5-11(10)15-2/h4-5,8,14H,3,6-7H2,1-2H3. The molecule has 0 spiro atoms. The number of ether oxygens (including phenoxy) is 1. The molecule has 3 heteroatoms. The van der Waals surface area contributed by atoms with Gasteiger partial charge in [0.2, 0.25) is 0 Å². The molecular formula is C12H16ClNO. The van der Waals surface area contributed by atoms with Gasteiger partial charge in [0.05, 0.1) is 7.11 Å². The quantitative estimate of drug-likeness (QED) is 0.836. The maximum atomic E-state index is 6.03. The van der Waals surface area contributed by atoms with Gasteiger partial charge in [-0.05, 0) is 44.5 Å². The lowest BCUT2D eigenvalue weighted by Gasteiger charge is -2.27. The molecule has 2 nitrogen and oxygen atoms in total. The average molecular weight is 226 g/mol. The van der Waals surface area contributed by atoms with Crippen molar-refractivity contribution >= 4 is 11.6 Å². The predicted molar refractivity (Wildman–Crippen MR) is 62.6 cm³/mol. The van der Waals surface area contributed by atoms with Crippen LogP contribution in [0.5, 0.6) is 5.75 Å². The molecule has 1 aliphatic heterocycles. The first-order valence-corrected chi connectivity index (χ1v) is 5.62. The third-order valence-corrected chi connectivity index (χ3v) is 3.36. The molecule has 1 unspecified atom stereocenters. The number of hydrogen-bond acceptors (Lipinski definition) is 2. The lowest BCUT2D eigenvalue weighted by Crippen LogP contribution is -2.33. The molecule has 0 aliphatic carbocycles. The third kappa shape index (κ3) is 1.97. The monoisotopic (exact) mass is 225 g/mol. The molecule has 1 aliphatic rings. The van der Waals surface area contributed by atoms with Crippen LogP contribution in [0.3, 0.4) is 0 Å². The van der Waals surface area contributed by atoms with Gasteiger partial charge in [0.15, 0.2) is 0 Å². The normalized spacial score (nSPS) is 25.5. The molecular weight excluding hydrogens is 210 g/mol. The maximum Gasteiger partial charge on any atom is 0.124 e. The van der Waals surface area contributed by atoms with Gasteiger partial charge in [-0.25, -0.2) is 0 Å². The first-order chi connectivity index (χ1) is 7.15. The zero-order chi connectivity index (χ0) is 10.9. The van der Waals surface area contributed by atoms with Crippen LogP contribution in [0.15, 0.2) is 18.2 Å². The molecule has 1 heterocycles. The third-order valence-electron chi connectivity index (χ3n) is 3.12. The number of rotatable bonds is 2. The average Bonchev–Trinajstić information content (AvgIpc) is 2.66. The second kappa shape index (κ2) is 4.03. The fourth-order valence-corrected chi connectivity index (χ4v) is 2.41. The van der Waals surface area contributed by atoms with E-state index in [0.29, 0.717) is 0 Å². The molecule has 0 radical (unpaired) electrons. The van der Waals surface area contributed by atoms with E-state index in [9.17, 15) is 0 Å². The Morgan fingerprint density at radius 2 is 2.27 bits per heavy atom. The molecule has 82 valence electrons. The van der Waals surface area contributed by atoms with E-state index in [2.05, 4.69) is 12.2 Å². The predicted octanol–water partition coefficient (Wildman–Crippen LogP) is 2.95. The topological polar surface area (TPSA) is 21.3 Å². The highest BCUT2D eigenvalue weighted by Gasteiger charge is 2.32. The van der Waals surface area contributed by atoms with Crippen molar-refractivity contribution in [1.29, 1.82) is 0 Å². The minimum absolute atomic E-state index is 0.0102. The summed E-state index contributed by atoms with van der Waals surface area (Å²) in [5.41, 5.74) is 1.17. The molecule has 1 aromatic carbocycles. The highest BCUT2D eigenvalue weighted by molar-refractivity contribution is 6.30. The summed E-state index contributed by atoms with van der Waals surface area (Å²) < 4.78 is 5.38. The second-order valence-electron chi connectivity index (χ2n) is 4.21. The Morgan fingerprint density at radius 3 is 2.87 bits per heavy atom. The molecule has 1 N–H and O–H groups in total. The number of benzene rings is 1. The highest BCUT2D eigenvalue weighted by Crippen LogP contribution is 2.37. The van der Waals surface area contributed by atoms with E-state index in [0.717, 1.165) is 29.3 Å². The summed E-state index contributed by atoms with van der Waals surface area (Å²) in [5.74, 6) is 0.913. The van der Waals surface area contributed by atoms with Gasteiger partial charge in [-0.1, -0.05) is 11.6 Å². The van der Waals surface area contributed by atoms with Crippen LogP contribution < -0.4 is 10.1 Å². The molecule has 1 fully saturated rings. The van der Waals surface area contributed by atoms with Crippen molar-refractivity contribution in [3.63, 3.8) is 0 Å². The molecule has 0 saturated carbocycles. The Balaban J connectivity index is 2.44. The number of hydrogen-bond donors (Lipinski definition) is 1. The van der Waals surface area contributed by atoms with Crippen LogP contribution in [-0.4, -0.2) is 13.7 Å². The Bertz CT molecular complexity index is 359. The Kier molecular flexibility index (Phi) is 2.89. The Hall–Kier alpha value is -0.730. The van der Waals surface area contributed by atoms with Crippen LogP contribution in [0.4, 0.5) is 0 Å². The SMILES string of the molecule is COc1ccc(Cl)cc1C1(C)CCCN1. The number of halogens is 1. The second-order valence-corrected chi connectivity index (χ2v) is 4.64. The van der Waals surface area contributed by atoms with Crippen molar-refractivity contribution in [2.45, 2.75) is 25.3 Å². The summed E-state index contributed by atoms with van der Waals surface area (Å²) in [6.45, 7) is 3.26. The smallest absolute Gasteiger partial charge is 0.124 e. The summed E-state index contributed by atoms with van der Waals surface area (Å²) in [4.78, 5) is 0. The first-order valence-electron chi connectivity index (χ1n) is 5.25. The first kappa shape index (κ1) is 10.8. The van der Waals surface area contributed by atoms with Crippen molar-refractivity contribution in [2.24, 2.45) is 0 Å². The lowest BCUT2D eigenvalue weighted by atomic mass is 9.90. The van der Waals surface area contributed by atoms with Crippen molar-refractivity contribution in [1.82, 2.24) is 5.32 Å². The fourth-order valence-electron chi connectivity index (χ4n) is 2.24. The van der Waals surface area contributed by atoms with Gasteiger partial charge in [0, 0.05) is 16.1 Å². The van der Waals surface area contributed by atoms with E-state index in [4.69, 9.17) is 16.3 Å². The van der Waals surface area contributed by atoms with Gasteiger partial charge in [0.25, 0.3) is 0 Å². The summed E-state index contributed by atoms with van der Waals surface area (Å²) in [5, 5.41) is 4.28. The number of nitrogens with one attached hydrogen (secondary N) is 1. The molecule has 1 saturated heterocycles. The summed E-state index contributed by atoms with van der Waals surface area (Å²) in [6.07, 6.45) is 2.33. The fraction of sp³-hybridized carbons (Fsp3) is 0.500. The Labute approximate surface area is 95.6 Å². The molecule has 0 amide bonds. The van der Waals surface area contributed by atoms with Gasteiger partial charge in [-0.15, -0.1) is 0 Å². The molecule has 0 aromatic heterocycles. The highest BCUT2D eigenvalue weighted by atomic mass is 35.5. The van der Waals surface area contributed by atoms with Gasteiger partial charge < -0.3 is 10.1 Å². The lowest BCUT2D eigenvalue weighted by molar-refractivity contribution is 0.371. The molecule has 1 atom stereocenters. The summed E-state index contributed by atoms with van der Waals surface area (Å²) in [7, 11) is 1.70. The molecule has 0 bridgehead atoms. The van der Waals surface area contributed by atoms with Crippen molar-refractivity contribution in [3.8, 4) is 5.75 Å². The number of methoxy groups -OCH3 is 1. The minimum Gasteiger partial charge on any atom is -0.496 e. The van der Waals surface area contributed by atoms with Crippen LogP contribution in [0, 0.1) is 0 Å². The zero-order valence-corrected chi connectivity index (χ0v) is 9.90. The van der Waals surface area contributed by atoms with Gasteiger partial charge >= 0.3 is 0 Å². The van der Waals surface area contributed by atoms with E-state index in [1.54, 1.807) is 7.11 Å². The maximum absolute atomic E-state index is 6.03. The van der Waals surface area contributed by atoms with Crippen LogP contribution >= 0.6 is 11.6 Å². The largest absolute Gasteiger partial charge is 0.496 e. The minimum atomic E-state index is 0.0102. The van der Waals surface area contributed by atoms with Crippen LogP contribution in [0.25, 0.3) is 0 Å². The van der Waals surface area contributed by atoms with E-state index >= 15 is 0 Å². The molecule has 15 heavy (non-hydrogen) atoms. The Morgan fingerprint density at radius 1 is 1.47 bits per heavy atom. The zero-order valence-electron chi connectivity index (χ0n) is 9.14. The van der Waals surface area contributed by atoms with Crippen LogP contribution in [0.2, 0.25) is 5.02 Å². The van der Waals surface area contributed by atoms with Crippen LogP contribution in [0.1, 0.15) is 25.3 Å². The molecule has 2 rings (SSSR count). The van der Waals surface area contributed by atoms with Crippen molar-refractivity contribution in [2.75, 3.05) is 13.7 Å². The van der Waals surface area contributed by atoms with E-state index in [1.165, 1.54) is 6.42 Å². The van der Waals surface area contributed by atoms with E-state index in [1.807, 2.05) is 18.2 Å². The van der Waals surface area contributed by atoms with E-state index < -0.39 is 0 Å². The van der Waals surface area contributed by atoms with Gasteiger partial charge in [0.1, 0.15) is 5.75 Å². The van der Waals surface area contributed by atoms with Crippen molar-refractivity contribution in [3.05, 3.63) is 28.8 Å². The van der Waals surface area contributed by atoms with E-state index in [-0.39, 0.29) is 5.54 Å². The summed E-state index contributed by atoms with van der Waals surface area (Å²) >= 11 is 6.03.